The van der Waals surface area contributed by atoms with E-state index in [0.29, 0.717) is 31.1 Å². The van der Waals surface area contributed by atoms with Crippen LogP contribution in [0, 0.1) is 0 Å². The largest absolute Gasteiger partial charge is 0.586 e. The van der Waals surface area contributed by atoms with Crippen molar-refractivity contribution in [2.45, 2.75) is 25.7 Å². The summed E-state index contributed by atoms with van der Waals surface area (Å²) < 4.78 is 40.7. The molecular formula is C22H21F2N3O5. The molecule has 0 saturated carbocycles. The van der Waals surface area contributed by atoms with E-state index in [-0.39, 0.29) is 42.4 Å². The number of alkyl halides is 2. The first-order valence-corrected chi connectivity index (χ1v) is 10.3. The minimum absolute atomic E-state index is 0.0153. The van der Waals surface area contributed by atoms with Crippen molar-refractivity contribution in [2.24, 2.45) is 0 Å². The molecule has 1 fully saturated rings. The van der Waals surface area contributed by atoms with Crippen LogP contribution in [0.15, 0.2) is 36.4 Å². The normalized spacial score (nSPS) is 21.3. The van der Waals surface area contributed by atoms with Gasteiger partial charge in [0.2, 0.25) is 5.91 Å². The number of ether oxygens (including phenoxy) is 3. The summed E-state index contributed by atoms with van der Waals surface area (Å²) in [5.41, 5.74) is 2.15. The number of esters is 1. The summed E-state index contributed by atoms with van der Waals surface area (Å²) in [5, 5.41) is 2.84. The Morgan fingerprint density at radius 2 is 1.94 bits per heavy atom. The number of benzene rings is 2. The van der Waals surface area contributed by atoms with Crippen LogP contribution in [0.1, 0.15) is 12.5 Å². The number of hydrogen-bond donors (Lipinski definition) is 1. The monoisotopic (exact) mass is 445 g/mol. The molecule has 0 radical (unpaired) electrons. The molecule has 5 rings (SSSR count). The first kappa shape index (κ1) is 20.5. The lowest BCUT2D eigenvalue weighted by Crippen LogP contribution is -2.53. The van der Waals surface area contributed by atoms with Gasteiger partial charge in [-0.2, -0.15) is 0 Å². The van der Waals surface area contributed by atoms with Gasteiger partial charge in [0.05, 0.1) is 13.0 Å². The number of amides is 1. The number of halogens is 2. The topological polar surface area (TPSA) is 80.3 Å². The van der Waals surface area contributed by atoms with E-state index in [1.165, 1.54) is 6.07 Å². The van der Waals surface area contributed by atoms with Gasteiger partial charge >= 0.3 is 12.3 Å². The molecule has 8 nitrogen and oxygen atoms in total. The van der Waals surface area contributed by atoms with Gasteiger partial charge in [-0.25, -0.2) is 0 Å². The zero-order valence-electron chi connectivity index (χ0n) is 17.3. The lowest BCUT2D eigenvalue weighted by Gasteiger charge is -2.41. The Morgan fingerprint density at radius 1 is 1.12 bits per heavy atom. The highest BCUT2D eigenvalue weighted by Crippen LogP contribution is 2.43. The van der Waals surface area contributed by atoms with Crippen LogP contribution in [0.3, 0.4) is 0 Å². The SMILES string of the molecule is C[C@@H]1CN(CC(=O)Nc2ccc3c(c2)OC(=O)C3)CCN1c1ccc2c(c1)OC(F)(F)O2. The third kappa shape index (κ3) is 4.05. The first-order chi connectivity index (χ1) is 15.3. The van der Waals surface area contributed by atoms with Crippen LogP contribution in [-0.2, 0) is 16.0 Å². The zero-order chi connectivity index (χ0) is 22.5. The highest BCUT2D eigenvalue weighted by atomic mass is 19.3. The Balaban J connectivity index is 1.17. The number of carbonyl (C=O) groups is 2. The van der Waals surface area contributed by atoms with E-state index >= 15 is 0 Å². The van der Waals surface area contributed by atoms with Gasteiger partial charge in [0.1, 0.15) is 5.75 Å². The molecule has 32 heavy (non-hydrogen) atoms. The lowest BCUT2D eigenvalue weighted by molar-refractivity contribution is -0.286. The Morgan fingerprint density at radius 3 is 2.75 bits per heavy atom. The van der Waals surface area contributed by atoms with Gasteiger partial charge in [0, 0.05) is 54.7 Å². The van der Waals surface area contributed by atoms with E-state index < -0.39 is 6.29 Å². The van der Waals surface area contributed by atoms with Crippen molar-refractivity contribution in [3.8, 4) is 17.2 Å². The van der Waals surface area contributed by atoms with Gasteiger partial charge in [-0.05, 0) is 25.1 Å². The molecule has 1 N–H and O–H groups in total. The second-order valence-electron chi connectivity index (χ2n) is 8.10. The fourth-order valence-electron chi connectivity index (χ4n) is 4.27. The quantitative estimate of drug-likeness (QED) is 0.573. The van der Waals surface area contributed by atoms with Crippen LogP contribution in [0.5, 0.6) is 17.2 Å². The molecule has 1 saturated heterocycles. The Kier molecular flexibility index (Phi) is 4.89. The molecule has 3 heterocycles. The minimum atomic E-state index is -3.64. The molecule has 0 aromatic heterocycles. The first-order valence-electron chi connectivity index (χ1n) is 10.3. The van der Waals surface area contributed by atoms with E-state index in [0.717, 1.165) is 11.3 Å². The lowest BCUT2D eigenvalue weighted by atomic mass is 10.1. The van der Waals surface area contributed by atoms with Crippen LogP contribution in [0.2, 0.25) is 0 Å². The second kappa shape index (κ2) is 7.63. The average Bonchev–Trinajstić information content (AvgIpc) is 3.23. The maximum atomic E-state index is 13.3. The van der Waals surface area contributed by atoms with Crippen molar-refractivity contribution in [3.63, 3.8) is 0 Å². The van der Waals surface area contributed by atoms with Crippen molar-refractivity contribution in [2.75, 3.05) is 36.4 Å². The van der Waals surface area contributed by atoms with Crippen LogP contribution < -0.4 is 24.4 Å². The Hall–Kier alpha value is -3.40. The molecule has 1 amide bonds. The van der Waals surface area contributed by atoms with E-state index in [1.807, 2.05) is 11.8 Å². The fourth-order valence-corrected chi connectivity index (χ4v) is 4.27. The number of nitrogens with one attached hydrogen (secondary N) is 1. The molecule has 0 unspecified atom stereocenters. The van der Waals surface area contributed by atoms with Crippen molar-refractivity contribution in [3.05, 3.63) is 42.0 Å². The summed E-state index contributed by atoms with van der Waals surface area (Å²) in [6.45, 7) is 4.10. The van der Waals surface area contributed by atoms with Gasteiger partial charge < -0.3 is 24.4 Å². The van der Waals surface area contributed by atoms with Crippen LogP contribution in [-0.4, -0.2) is 55.3 Å². The number of hydrogen-bond acceptors (Lipinski definition) is 7. The van der Waals surface area contributed by atoms with Gasteiger partial charge in [-0.3, -0.25) is 14.5 Å². The zero-order valence-corrected chi connectivity index (χ0v) is 17.3. The van der Waals surface area contributed by atoms with Crippen molar-refractivity contribution < 1.29 is 32.6 Å². The number of piperazine rings is 1. The van der Waals surface area contributed by atoms with Gasteiger partial charge in [0.15, 0.2) is 11.5 Å². The summed E-state index contributed by atoms with van der Waals surface area (Å²) >= 11 is 0. The third-order valence-electron chi connectivity index (χ3n) is 5.70. The predicted molar refractivity (Wildman–Crippen MR) is 110 cm³/mol. The number of rotatable bonds is 4. The smallest absolute Gasteiger partial charge is 0.426 e. The number of carbonyl (C=O) groups excluding carboxylic acids is 2. The Bertz CT molecular complexity index is 1090. The highest BCUT2D eigenvalue weighted by molar-refractivity contribution is 5.93. The van der Waals surface area contributed by atoms with Gasteiger partial charge in [0.25, 0.3) is 0 Å². The molecular weight excluding hydrogens is 424 g/mol. The van der Waals surface area contributed by atoms with E-state index in [4.69, 9.17) is 4.74 Å². The molecule has 2 aromatic rings. The van der Waals surface area contributed by atoms with Crippen LogP contribution in [0.25, 0.3) is 0 Å². The van der Waals surface area contributed by atoms with Gasteiger partial charge in [-0.15, -0.1) is 8.78 Å². The van der Waals surface area contributed by atoms with Crippen molar-refractivity contribution in [1.82, 2.24) is 4.90 Å². The third-order valence-corrected chi connectivity index (χ3v) is 5.70. The van der Waals surface area contributed by atoms with E-state index in [9.17, 15) is 18.4 Å². The van der Waals surface area contributed by atoms with Crippen LogP contribution >= 0.6 is 0 Å². The highest BCUT2D eigenvalue weighted by Gasteiger charge is 2.43. The minimum Gasteiger partial charge on any atom is -0.426 e. The molecule has 0 spiro atoms. The second-order valence-corrected chi connectivity index (χ2v) is 8.10. The average molecular weight is 445 g/mol. The van der Waals surface area contributed by atoms with E-state index in [1.54, 1.807) is 30.3 Å². The summed E-state index contributed by atoms with van der Waals surface area (Å²) in [5.74, 6) is 0.0489. The van der Waals surface area contributed by atoms with E-state index in [2.05, 4.69) is 19.7 Å². The number of fused-ring (bicyclic) bond motifs is 2. The fraction of sp³-hybridized carbons (Fsp3) is 0.364. The maximum Gasteiger partial charge on any atom is 0.586 e. The summed E-state index contributed by atoms with van der Waals surface area (Å²) in [4.78, 5) is 28.0. The molecule has 0 aliphatic carbocycles. The van der Waals surface area contributed by atoms with Gasteiger partial charge in [-0.1, -0.05) is 6.07 Å². The molecule has 3 aliphatic rings. The molecule has 168 valence electrons. The van der Waals surface area contributed by atoms with Crippen molar-refractivity contribution >= 4 is 23.3 Å². The molecule has 3 aliphatic heterocycles. The summed E-state index contributed by atoms with van der Waals surface area (Å²) in [6.07, 6.45) is -3.39. The summed E-state index contributed by atoms with van der Waals surface area (Å²) in [7, 11) is 0. The molecule has 1 atom stereocenters. The molecule has 0 bridgehead atoms. The molecule has 10 heteroatoms. The maximum absolute atomic E-state index is 13.3. The molecule has 2 aromatic carbocycles. The van der Waals surface area contributed by atoms with Crippen LogP contribution in [0.4, 0.5) is 20.2 Å². The number of nitrogens with zero attached hydrogens (tertiary/aromatic N) is 2. The predicted octanol–water partition coefficient (Wildman–Crippen LogP) is 2.62. The Labute approximate surface area is 182 Å². The van der Waals surface area contributed by atoms with Crippen molar-refractivity contribution in [1.29, 1.82) is 0 Å². The summed E-state index contributed by atoms with van der Waals surface area (Å²) in [6, 6.07) is 9.99. The standard InChI is InChI=1S/C22H21F2N3O5/c1-13-11-26(12-20(28)25-15-3-2-14-8-21(29)30-18(14)9-15)6-7-27(13)16-4-5-17-19(10-16)32-22(23,24)31-17/h2-5,9-10,13H,6-8,11-12H2,1H3,(H,25,28)/t13-/m1/s1. The number of anilines is 2.